The number of hydrogen-bond donors (Lipinski definition) is 1. The topological polar surface area (TPSA) is 62.6 Å². The van der Waals surface area contributed by atoms with Gasteiger partial charge in [-0.1, -0.05) is 42.5 Å². The molecule has 164 valence electrons. The molecule has 0 saturated carbocycles. The van der Waals surface area contributed by atoms with Gasteiger partial charge in [0.2, 0.25) is 0 Å². The van der Waals surface area contributed by atoms with Crippen LogP contribution in [-0.4, -0.2) is 32.9 Å². The summed E-state index contributed by atoms with van der Waals surface area (Å²) in [5.41, 5.74) is 5.69. The number of benzene rings is 3. The summed E-state index contributed by atoms with van der Waals surface area (Å²) < 4.78 is 5.30. The molecule has 5 rings (SSSR count). The van der Waals surface area contributed by atoms with Gasteiger partial charge in [-0.3, -0.25) is 4.98 Å². The van der Waals surface area contributed by atoms with Gasteiger partial charge in [0.15, 0.2) is 5.11 Å². The van der Waals surface area contributed by atoms with Crippen LogP contribution in [0.5, 0.6) is 5.75 Å². The van der Waals surface area contributed by atoms with E-state index in [2.05, 4.69) is 22.4 Å². The second kappa shape index (κ2) is 9.34. The lowest BCUT2D eigenvalue weighted by Gasteiger charge is -2.24. The van der Waals surface area contributed by atoms with Gasteiger partial charge in [0.1, 0.15) is 11.8 Å². The number of nitrogens with one attached hydrogen (secondary N) is 1. The van der Waals surface area contributed by atoms with Crippen LogP contribution in [0.1, 0.15) is 29.3 Å². The van der Waals surface area contributed by atoms with E-state index in [1.807, 2.05) is 77.9 Å². The molecule has 0 aliphatic carbocycles. The van der Waals surface area contributed by atoms with Crippen molar-refractivity contribution in [3.05, 3.63) is 102 Å². The van der Waals surface area contributed by atoms with Crippen LogP contribution < -0.4 is 10.1 Å². The first kappa shape index (κ1) is 21.0. The third-order valence-corrected chi connectivity index (χ3v) is 5.97. The van der Waals surface area contributed by atoms with Crippen molar-refractivity contribution in [2.24, 2.45) is 5.10 Å². The number of hydrazone groups is 1. The number of rotatable bonds is 5. The monoisotopic (exact) mass is 453 g/mol. The molecule has 2 heterocycles. The van der Waals surface area contributed by atoms with Gasteiger partial charge in [0.05, 0.1) is 35.7 Å². The zero-order chi connectivity index (χ0) is 22.6. The number of para-hydroxylation sites is 2. The highest BCUT2D eigenvalue weighted by atomic mass is 32.1. The van der Waals surface area contributed by atoms with Crippen LogP contribution in [0.2, 0.25) is 0 Å². The Balaban J connectivity index is 1.45. The molecule has 3 aromatic carbocycles. The molecule has 1 unspecified atom stereocenters. The SMILES string of the molecule is COc1ccc(C2=NN(C(=S)NCc3ccccc3)C(c3cnc4ccccc4n3)C2)cc1. The fourth-order valence-electron chi connectivity index (χ4n) is 3.87. The quantitative estimate of drug-likeness (QED) is 0.435. The fraction of sp³-hybridized carbons (Fsp3) is 0.154. The molecule has 0 saturated heterocycles. The van der Waals surface area contributed by atoms with Crippen molar-refractivity contribution in [3.8, 4) is 5.75 Å². The lowest BCUT2D eigenvalue weighted by atomic mass is 10.0. The molecule has 7 heteroatoms. The van der Waals surface area contributed by atoms with Crippen LogP contribution >= 0.6 is 12.2 Å². The van der Waals surface area contributed by atoms with E-state index < -0.39 is 0 Å². The Morgan fingerprint density at radius 1 is 1.00 bits per heavy atom. The smallest absolute Gasteiger partial charge is 0.190 e. The van der Waals surface area contributed by atoms with Crippen molar-refractivity contribution >= 4 is 34.1 Å². The molecule has 1 atom stereocenters. The minimum absolute atomic E-state index is 0.144. The molecular formula is C26H23N5OS. The first-order valence-corrected chi connectivity index (χ1v) is 11.2. The fourth-order valence-corrected chi connectivity index (χ4v) is 4.11. The Morgan fingerprint density at radius 2 is 1.73 bits per heavy atom. The molecule has 0 fully saturated rings. The zero-order valence-electron chi connectivity index (χ0n) is 18.2. The molecule has 1 N–H and O–H groups in total. The summed E-state index contributed by atoms with van der Waals surface area (Å²) in [6, 6.07) is 25.8. The molecule has 4 aromatic rings. The Hall–Kier alpha value is -3.84. The number of aromatic nitrogens is 2. The molecule has 1 aliphatic rings. The number of nitrogens with zero attached hydrogens (tertiary/aromatic N) is 4. The summed E-state index contributed by atoms with van der Waals surface area (Å²) in [5.74, 6) is 0.811. The van der Waals surface area contributed by atoms with Gasteiger partial charge in [-0.15, -0.1) is 0 Å². The number of fused-ring (bicyclic) bond motifs is 1. The third kappa shape index (κ3) is 4.54. The molecule has 0 bridgehead atoms. The number of methoxy groups -OCH3 is 1. The summed E-state index contributed by atoms with van der Waals surface area (Å²) in [4.78, 5) is 9.49. The summed E-state index contributed by atoms with van der Waals surface area (Å²) in [6.45, 7) is 0.625. The lowest BCUT2D eigenvalue weighted by molar-refractivity contribution is 0.357. The van der Waals surface area contributed by atoms with E-state index in [9.17, 15) is 0 Å². The van der Waals surface area contributed by atoms with Crippen molar-refractivity contribution in [3.63, 3.8) is 0 Å². The standard InChI is InChI=1S/C26H23N5OS/c1-32-20-13-11-19(12-14-20)23-15-25(24-17-27-21-9-5-6-10-22(21)29-24)31(30-23)26(33)28-16-18-7-3-2-4-8-18/h2-14,17,25H,15-16H2,1H3,(H,28,33). The highest BCUT2D eigenvalue weighted by Crippen LogP contribution is 2.32. The van der Waals surface area contributed by atoms with E-state index >= 15 is 0 Å². The highest BCUT2D eigenvalue weighted by Gasteiger charge is 2.32. The maximum atomic E-state index is 5.77. The molecule has 0 amide bonds. The van der Waals surface area contributed by atoms with Crippen molar-refractivity contribution in [1.29, 1.82) is 0 Å². The van der Waals surface area contributed by atoms with Crippen LogP contribution in [0.15, 0.2) is 90.2 Å². The molecule has 0 spiro atoms. The number of hydrogen-bond acceptors (Lipinski definition) is 5. The molecule has 0 radical (unpaired) electrons. The Morgan fingerprint density at radius 3 is 2.48 bits per heavy atom. The van der Waals surface area contributed by atoms with Gasteiger partial charge in [0.25, 0.3) is 0 Å². The Bertz CT molecular complexity index is 1310. The van der Waals surface area contributed by atoms with Crippen LogP contribution in [0.4, 0.5) is 0 Å². The van der Waals surface area contributed by atoms with E-state index in [0.29, 0.717) is 18.1 Å². The van der Waals surface area contributed by atoms with Crippen molar-refractivity contribution in [2.75, 3.05) is 7.11 Å². The minimum atomic E-state index is -0.144. The summed E-state index contributed by atoms with van der Waals surface area (Å²) in [6.07, 6.45) is 2.50. The van der Waals surface area contributed by atoms with Crippen LogP contribution in [0.3, 0.4) is 0 Å². The van der Waals surface area contributed by atoms with Gasteiger partial charge in [-0.25, -0.2) is 9.99 Å². The molecule has 6 nitrogen and oxygen atoms in total. The minimum Gasteiger partial charge on any atom is -0.497 e. The molecular weight excluding hydrogens is 430 g/mol. The van der Waals surface area contributed by atoms with E-state index in [-0.39, 0.29) is 6.04 Å². The molecule has 1 aliphatic heterocycles. The van der Waals surface area contributed by atoms with E-state index in [4.69, 9.17) is 27.0 Å². The number of ether oxygens (including phenoxy) is 1. The van der Waals surface area contributed by atoms with Crippen molar-refractivity contribution in [1.82, 2.24) is 20.3 Å². The van der Waals surface area contributed by atoms with Gasteiger partial charge in [-0.2, -0.15) is 5.10 Å². The van der Waals surface area contributed by atoms with E-state index in [0.717, 1.165) is 39.3 Å². The van der Waals surface area contributed by atoms with Crippen molar-refractivity contribution in [2.45, 2.75) is 19.0 Å². The summed E-state index contributed by atoms with van der Waals surface area (Å²) in [7, 11) is 1.66. The van der Waals surface area contributed by atoms with Gasteiger partial charge in [-0.05, 0) is 59.7 Å². The summed E-state index contributed by atoms with van der Waals surface area (Å²) in [5, 5.41) is 10.7. The maximum absolute atomic E-state index is 5.77. The van der Waals surface area contributed by atoms with E-state index in [1.54, 1.807) is 7.11 Å². The Kier molecular flexibility index (Phi) is 5.95. The normalized spacial score (nSPS) is 15.4. The average molecular weight is 454 g/mol. The highest BCUT2D eigenvalue weighted by molar-refractivity contribution is 7.80. The van der Waals surface area contributed by atoms with Crippen LogP contribution in [-0.2, 0) is 6.54 Å². The molecule has 1 aromatic heterocycles. The van der Waals surface area contributed by atoms with Crippen LogP contribution in [0, 0.1) is 0 Å². The van der Waals surface area contributed by atoms with Gasteiger partial charge >= 0.3 is 0 Å². The Labute approximate surface area is 197 Å². The third-order valence-electron chi connectivity index (χ3n) is 5.64. The maximum Gasteiger partial charge on any atom is 0.190 e. The van der Waals surface area contributed by atoms with Crippen molar-refractivity contribution < 1.29 is 4.74 Å². The first-order chi connectivity index (χ1) is 16.2. The van der Waals surface area contributed by atoms with Gasteiger partial charge < -0.3 is 10.1 Å². The van der Waals surface area contributed by atoms with Gasteiger partial charge in [0, 0.05) is 13.0 Å². The second-order valence-electron chi connectivity index (χ2n) is 7.77. The lowest BCUT2D eigenvalue weighted by Crippen LogP contribution is -2.36. The number of thiocarbonyl (C=S) groups is 1. The first-order valence-electron chi connectivity index (χ1n) is 10.8. The zero-order valence-corrected chi connectivity index (χ0v) is 19.0. The van der Waals surface area contributed by atoms with Crippen LogP contribution in [0.25, 0.3) is 11.0 Å². The predicted octanol–water partition coefficient (Wildman–Crippen LogP) is 4.86. The second-order valence-corrected chi connectivity index (χ2v) is 8.15. The predicted molar refractivity (Wildman–Crippen MR) is 134 cm³/mol. The average Bonchev–Trinajstić information content (AvgIpc) is 3.33. The largest absolute Gasteiger partial charge is 0.497 e. The molecule has 33 heavy (non-hydrogen) atoms. The van der Waals surface area contributed by atoms with E-state index in [1.165, 1.54) is 0 Å². The summed E-state index contributed by atoms with van der Waals surface area (Å²) >= 11 is 5.77.